The predicted octanol–water partition coefficient (Wildman–Crippen LogP) is 8.12. The summed E-state index contributed by atoms with van der Waals surface area (Å²) < 4.78 is 0. The van der Waals surface area contributed by atoms with Crippen molar-refractivity contribution in [2.75, 3.05) is 0 Å². The van der Waals surface area contributed by atoms with Gasteiger partial charge in [-0.05, 0) is 52.0 Å². The molecule has 3 aromatic rings. The van der Waals surface area contributed by atoms with Crippen LogP contribution >= 0.6 is 0 Å². The van der Waals surface area contributed by atoms with Crippen molar-refractivity contribution < 1.29 is 0 Å². The van der Waals surface area contributed by atoms with Gasteiger partial charge in [0.15, 0.2) is 0 Å². The van der Waals surface area contributed by atoms with Crippen LogP contribution in [-0.4, -0.2) is 4.90 Å². The van der Waals surface area contributed by atoms with Gasteiger partial charge in [0, 0.05) is 17.8 Å². The smallest absolute Gasteiger partial charge is 0.0851 e. The van der Waals surface area contributed by atoms with Crippen LogP contribution in [0.15, 0.2) is 151 Å². The zero-order chi connectivity index (χ0) is 22.7. The molecule has 2 unspecified atom stereocenters. The van der Waals surface area contributed by atoms with Crippen LogP contribution in [0, 0.1) is 5.92 Å². The first-order chi connectivity index (χ1) is 16.9. The largest absolute Gasteiger partial charge is 0.336 e. The number of hydrogen-bond acceptors (Lipinski definition) is 1. The Labute approximate surface area is 202 Å². The first-order valence-electron chi connectivity index (χ1n) is 12.0. The standard InChI is InChI=1S/C33H27N/c1-5-15-25(16-6-1)30-29-23-13-14-24-34(29)33(28-21-11-4-12-22-28)32(27-19-9-3-10-20-27)31(30)26-17-7-2-8-18-26/h1-15,17-25,33H,16H2. The maximum Gasteiger partial charge on any atom is 0.0851 e. The summed E-state index contributed by atoms with van der Waals surface area (Å²) in [7, 11) is 0. The molecule has 2 heterocycles. The normalized spacial score (nSPS) is 21.2. The van der Waals surface area contributed by atoms with Gasteiger partial charge in [-0.3, -0.25) is 0 Å². The van der Waals surface area contributed by atoms with Gasteiger partial charge in [-0.15, -0.1) is 0 Å². The van der Waals surface area contributed by atoms with E-state index < -0.39 is 0 Å². The third-order valence-corrected chi connectivity index (χ3v) is 6.87. The van der Waals surface area contributed by atoms with Crippen molar-refractivity contribution in [1.82, 2.24) is 4.90 Å². The second-order valence-corrected chi connectivity index (χ2v) is 8.90. The number of benzene rings is 3. The van der Waals surface area contributed by atoms with Crippen molar-refractivity contribution in [2.45, 2.75) is 12.5 Å². The summed E-state index contributed by atoms with van der Waals surface area (Å²) in [5.74, 6) is 0.323. The lowest BCUT2D eigenvalue weighted by Crippen LogP contribution is -2.32. The highest BCUT2D eigenvalue weighted by atomic mass is 15.2. The maximum atomic E-state index is 2.48. The van der Waals surface area contributed by atoms with Crippen LogP contribution in [0.2, 0.25) is 0 Å². The van der Waals surface area contributed by atoms with Gasteiger partial charge in [0.1, 0.15) is 0 Å². The fourth-order valence-electron chi connectivity index (χ4n) is 5.43. The molecule has 0 saturated heterocycles. The number of allylic oxidation sites excluding steroid dienone is 9. The summed E-state index contributed by atoms with van der Waals surface area (Å²) >= 11 is 0. The van der Waals surface area contributed by atoms with Crippen LogP contribution in [0.1, 0.15) is 29.2 Å². The monoisotopic (exact) mass is 437 g/mol. The van der Waals surface area contributed by atoms with Crippen LogP contribution in [-0.2, 0) is 0 Å². The third-order valence-electron chi connectivity index (χ3n) is 6.87. The van der Waals surface area contributed by atoms with Crippen molar-refractivity contribution in [3.05, 3.63) is 168 Å². The van der Waals surface area contributed by atoms with Crippen molar-refractivity contribution in [1.29, 1.82) is 0 Å². The molecule has 0 amide bonds. The van der Waals surface area contributed by atoms with Crippen LogP contribution in [0.4, 0.5) is 0 Å². The Morgan fingerprint density at radius 2 is 1.29 bits per heavy atom. The fourth-order valence-corrected chi connectivity index (χ4v) is 5.43. The van der Waals surface area contributed by atoms with E-state index in [9.17, 15) is 0 Å². The molecule has 1 aliphatic carbocycles. The summed E-state index contributed by atoms with van der Waals surface area (Å²) in [5, 5.41) is 0. The van der Waals surface area contributed by atoms with Crippen molar-refractivity contribution in [3.8, 4) is 0 Å². The topological polar surface area (TPSA) is 3.24 Å². The lowest BCUT2D eigenvalue weighted by atomic mass is 9.73. The minimum absolute atomic E-state index is 0.0851. The van der Waals surface area contributed by atoms with E-state index in [2.05, 4.69) is 145 Å². The summed E-state index contributed by atoms with van der Waals surface area (Å²) in [6.07, 6.45) is 18.9. The number of hydrogen-bond donors (Lipinski definition) is 0. The Bertz CT molecular complexity index is 1350. The molecule has 0 saturated carbocycles. The van der Waals surface area contributed by atoms with Gasteiger partial charge in [0.05, 0.1) is 6.04 Å². The first-order valence-corrected chi connectivity index (χ1v) is 12.0. The molecular formula is C33H27N. The van der Waals surface area contributed by atoms with Crippen molar-refractivity contribution in [3.63, 3.8) is 0 Å². The van der Waals surface area contributed by atoms with Gasteiger partial charge >= 0.3 is 0 Å². The van der Waals surface area contributed by atoms with Gasteiger partial charge in [-0.1, -0.05) is 121 Å². The van der Waals surface area contributed by atoms with E-state index in [0.29, 0.717) is 5.92 Å². The van der Waals surface area contributed by atoms with Crippen molar-refractivity contribution in [2.24, 2.45) is 5.92 Å². The molecule has 1 nitrogen and oxygen atoms in total. The fraction of sp³-hybridized carbons (Fsp3) is 0.0909. The van der Waals surface area contributed by atoms with Crippen LogP contribution < -0.4 is 0 Å². The Kier molecular flexibility index (Phi) is 5.45. The minimum Gasteiger partial charge on any atom is -0.336 e. The van der Waals surface area contributed by atoms with Crippen LogP contribution in [0.25, 0.3) is 11.1 Å². The number of rotatable bonds is 4. The van der Waals surface area contributed by atoms with E-state index in [1.165, 1.54) is 39.1 Å². The molecule has 1 heteroatoms. The number of nitrogens with zero attached hydrogens (tertiary/aromatic N) is 1. The van der Waals surface area contributed by atoms with Gasteiger partial charge in [-0.25, -0.2) is 0 Å². The molecule has 3 aromatic carbocycles. The molecular weight excluding hydrogens is 410 g/mol. The summed E-state index contributed by atoms with van der Waals surface area (Å²) in [5.41, 5.74) is 9.25. The summed E-state index contributed by atoms with van der Waals surface area (Å²) in [4.78, 5) is 2.48. The highest BCUT2D eigenvalue weighted by Gasteiger charge is 2.37. The SMILES string of the molecule is C1=CCC(C2=C3C=CC=CN3C(c3ccccc3)C(c3ccccc3)=C2c2ccccc2)C=C1. The van der Waals surface area contributed by atoms with Crippen LogP contribution in [0.5, 0.6) is 0 Å². The number of fused-ring (bicyclic) bond motifs is 1. The van der Waals surface area contributed by atoms with E-state index in [0.717, 1.165) is 6.42 Å². The lowest BCUT2D eigenvalue weighted by molar-refractivity contribution is 0.410. The first kappa shape index (κ1) is 20.5. The molecule has 0 aromatic heterocycles. The Morgan fingerprint density at radius 1 is 0.618 bits per heavy atom. The van der Waals surface area contributed by atoms with Crippen LogP contribution in [0.3, 0.4) is 0 Å². The average Bonchev–Trinajstić information content (AvgIpc) is 2.93. The predicted molar refractivity (Wildman–Crippen MR) is 142 cm³/mol. The zero-order valence-corrected chi connectivity index (χ0v) is 19.1. The molecule has 2 aliphatic heterocycles. The summed E-state index contributed by atoms with van der Waals surface area (Å²) in [6.45, 7) is 0. The molecule has 3 aliphatic rings. The molecule has 0 fully saturated rings. The Balaban J connectivity index is 1.72. The molecule has 0 radical (unpaired) electrons. The lowest BCUT2D eigenvalue weighted by Gasteiger charge is -2.43. The second kappa shape index (κ2) is 9.03. The van der Waals surface area contributed by atoms with E-state index >= 15 is 0 Å². The van der Waals surface area contributed by atoms with Gasteiger partial charge in [-0.2, -0.15) is 0 Å². The summed E-state index contributed by atoms with van der Waals surface area (Å²) in [6, 6.07) is 32.9. The van der Waals surface area contributed by atoms with E-state index in [1.807, 2.05) is 0 Å². The molecule has 34 heavy (non-hydrogen) atoms. The molecule has 0 bridgehead atoms. The molecule has 0 spiro atoms. The van der Waals surface area contributed by atoms with Gasteiger partial charge in [0.2, 0.25) is 0 Å². The average molecular weight is 438 g/mol. The maximum absolute atomic E-state index is 2.48. The Morgan fingerprint density at radius 3 is 1.97 bits per heavy atom. The highest BCUT2D eigenvalue weighted by molar-refractivity contribution is 6.02. The molecule has 2 atom stereocenters. The second-order valence-electron chi connectivity index (χ2n) is 8.90. The minimum atomic E-state index is 0.0851. The molecule has 164 valence electrons. The Hall–Kier alpha value is -4.10. The quantitative estimate of drug-likeness (QED) is 0.398. The third kappa shape index (κ3) is 3.60. The van der Waals surface area contributed by atoms with Gasteiger partial charge < -0.3 is 4.90 Å². The highest BCUT2D eigenvalue weighted by Crippen LogP contribution is 2.52. The zero-order valence-electron chi connectivity index (χ0n) is 19.1. The van der Waals surface area contributed by atoms with E-state index in [-0.39, 0.29) is 6.04 Å². The molecule has 6 rings (SSSR count). The molecule has 0 N–H and O–H groups in total. The van der Waals surface area contributed by atoms with Crippen molar-refractivity contribution >= 4 is 11.1 Å². The van der Waals surface area contributed by atoms with E-state index in [1.54, 1.807) is 0 Å². The van der Waals surface area contributed by atoms with E-state index in [4.69, 9.17) is 0 Å². The van der Waals surface area contributed by atoms with Gasteiger partial charge in [0.25, 0.3) is 0 Å².